The minimum Gasteiger partial charge on any atom is -0.330 e. The van der Waals surface area contributed by atoms with Gasteiger partial charge in [-0.05, 0) is 69.2 Å². The summed E-state index contributed by atoms with van der Waals surface area (Å²) in [6.45, 7) is 5.87. The van der Waals surface area contributed by atoms with E-state index in [1.54, 1.807) is 0 Å². The highest BCUT2D eigenvalue weighted by molar-refractivity contribution is 5.49. The number of piperidine rings is 2. The van der Waals surface area contributed by atoms with E-state index in [4.69, 9.17) is 0 Å². The Morgan fingerprint density at radius 1 is 1.08 bits per heavy atom. The smallest absolute Gasteiger partial charge is 0.158 e. The van der Waals surface area contributed by atoms with Crippen molar-refractivity contribution in [1.82, 2.24) is 19.4 Å². The lowest BCUT2D eigenvalue weighted by Crippen LogP contribution is -2.48. The predicted octanol–water partition coefficient (Wildman–Crippen LogP) is 4.16. The minimum atomic E-state index is 0.830. The zero-order valence-electron chi connectivity index (χ0n) is 15.4. The van der Waals surface area contributed by atoms with Crippen molar-refractivity contribution in [2.24, 2.45) is 5.92 Å². The summed E-state index contributed by atoms with van der Waals surface area (Å²) in [6.07, 6.45) is 15.3. The Bertz CT molecular complexity index is 673. The lowest BCUT2D eigenvalue weighted by molar-refractivity contribution is 0.0539. The number of aryl methyl sites for hydroxylation is 2. The second-order valence-corrected chi connectivity index (χ2v) is 7.64. The molecule has 0 unspecified atom stereocenters. The number of nitrogens with zero attached hydrogens (tertiary/aromatic N) is 4. The van der Waals surface area contributed by atoms with Crippen molar-refractivity contribution in [2.45, 2.75) is 64.5 Å². The van der Waals surface area contributed by atoms with E-state index in [-0.39, 0.29) is 0 Å². The Kier molecular flexibility index (Phi) is 5.16. The first-order chi connectivity index (χ1) is 12.3. The van der Waals surface area contributed by atoms with Gasteiger partial charge in [0, 0.05) is 31.2 Å². The maximum absolute atomic E-state index is 4.62. The van der Waals surface area contributed by atoms with Gasteiger partial charge in [-0.25, -0.2) is 4.98 Å². The van der Waals surface area contributed by atoms with E-state index >= 15 is 0 Å². The summed E-state index contributed by atoms with van der Waals surface area (Å²) < 4.78 is 2.30. The molecule has 2 aromatic heterocycles. The first-order valence-electron chi connectivity index (χ1n) is 10.1. The molecular weight excluding hydrogens is 308 g/mol. The molecule has 25 heavy (non-hydrogen) atoms. The first kappa shape index (κ1) is 16.8. The summed E-state index contributed by atoms with van der Waals surface area (Å²) in [5.74, 6) is 1.86. The molecule has 0 bridgehead atoms. The van der Waals surface area contributed by atoms with Gasteiger partial charge in [0.05, 0.1) is 0 Å². The SMILES string of the molecule is CCc1ccc(-c2nccn2CC[C@@H]2CCCN3CCCC[C@H]23)nc1. The Morgan fingerprint density at radius 2 is 2.00 bits per heavy atom. The van der Waals surface area contributed by atoms with Crippen LogP contribution in [0.2, 0.25) is 0 Å². The van der Waals surface area contributed by atoms with E-state index in [9.17, 15) is 0 Å². The van der Waals surface area contributed by atoms with Crippen LogP contribution in [0.4, 0.5) is 0 Å². The molecular formula is C21H30N4. The average molecular weight is 338 g/mol. The van der Waals surface area contributed by atoms with Gasteiger partial charge < -0.3 is 9.47 Å². The maximum Gasteiger partial charge on any atom is 0.158 e. The topological polar surface area (TPSA) is 34.0 Å². The zero-order chi connectivity index (χ0) is 17.1. The summed E-state index contributed by atoms with van der Waals surface area (Å²) >= 11 is 0. The van der Waals surface area contributed by atoms with Crippen molar-refractivity contribution in [3.05, 3.63) is 36.3 Å². The molecule has 0 N–H and O–H groups in total. The minimum absolute atomic E-state index is 0.830. The second-order valence-electron chi connectivity index (χ2n) is 7.64. The predicted molar refractivity (Wildman–Crippen MR) is 101 cm³/mol. The zero-order valence-corrected chi connectivity index (χ0v) is 15.4. The molecule has 4 rings (SSSR count). The molecule has 134 valence electrons. The van der Waals surface area contributed by atoms with Crippen LogP contribution in [0.1, 0.15) is 51.0 Å². The number of fused-ring (bicyclic) bond motifs is 1. The summed E-state index contributed by atoms with van der Waals surface area (Å²) in [5.41, 5.74) is 2.27. The van der Waals surface area contributed by atoms with Gasteiger partial charge in [0.1, 0.15) is 5.69 Å². The highest BCUT2D eigenvalue weighted by atomic mass is 15.2. The molecule has 4 heterocycles. The largest absolute Gasteiger partial charge is 0.330 e. The van der Waals surface area contributed by atoms with Gasteiger partial charge in [-0.1, -0.05) is 19.4 Å². The van der Waals surface area contributed by atoms with E-state index in [1.807, 2.05) is 12.4 Å². The van der Waals surface area contributed by atoms with Crippen LogP contribution < -0.4 is 0 Å². The Hall–Kier alpha value is -1.68. The monoisotopic (exact) mass is 338 g/mol. The normalized spacial score (nSPS) is 24.2. The van der Waals surface area contributed by atoms with E-state index in [0.29, 0.717) is 0 Å². The van der Waals surface area contributed by atoms with Crippen molar-refractivity contribution in [3.8, 4) is 11.5 Å². The molecule has 0 aliphatic carbocycles. The highest BCUT2D eigenvalue weighted by Gasteiger charge is 2.32. The molecule has 0 saturated carbocycles. The lowest BCUT2D eigenvalue weighted by Gasteiger charge is -2.44. The van der Waals surface area contributed by atoms with Crippen LogP contribution >= 0.6 is 0 Å². The van der Waals surface area contributed by atoms with E-state index in [0.717, 1.165) is 36.4 Å². The second kappa shape index (κ2) is 7.69. The van der Waals surface area contributed by atoms with Crippen LogP contribution in [0.15, 0.2) is 30.7 Å². The van der Waals surface area contributed by atoms with Crippen LogP contribution in [0.25, 0.3) is 11.5 Å². The molecule has 2 atom stereocenters. The Balaban J connectivity index is 1.44. The van der Waals surface area contributed by atoms with Crippen molar-refractivity contribution >= 4 is 0 Å². The van der Waals surface area contributed by atoms with Crippen molar-refractivity contribution < 1.29 is 0 Å². The fraction of sp³-hybridized carbons (Fsp3) is 0.619. The molecule has 4 heteroatoms. The molecule has 0 aromatic carbocycles. The third-order valence-corrected chi connectivity index (χ3v) is 6.15. The van der Waals surface area contributed by atoms with Crippen molar-refractivity contribution in [2.75, 3.05) is 13.1 Å². The van der Waals surface area contributed by atoms with Crippen molar-refractivity contribution in [1.29, 1.82) is 0 Å². The average Bonchev–Trinajstić information content (AvgIpc) is 3.15. The number of rotatable bonds is 5. The van der Waals surface area contributed by atoms with Gasteiger partial charge in [-0.15, -0.1) is 0 Å². The maximum atomic E-state index is 4.62. The summed E-state index contributed by atoms with van der Waals surface area (Å²) in [4.78, 5) is 12.0. The molecule has 0 spiro atoms. The van der Waals surface area contributed by atoms with Crippen LogP contribution in [0.3, 0.4) is 0 Å². The molecule has 0 amide bonds. The molecule has 2 saturated heterocycles. The number of pyridine rings is 1. The molecule has 2 aromatic rings. The molecule has 0 radical (unpaired) electrons. The number of imidazole rings is 1. The highest BCUT2D eigenvalue weighted by Crippen LogP contribution is 2.33. The Labute approximate surface area is 151 Å². The number of hydrogen-bond acceptors (Lipinski definition) is 3. The van der Waals surface area contributed by atoms with Crippen LogP contribution in [-0.2, 0) is 13.0 Å². The standard InChI is InChI=1S/C21H30N4/c1-2-17-8-9-19(23-16-17)21-22-11-15-25(21)14-10-18-6-5-13-24-12-4-3-7-20(18)24/h8-9,11,15-16,18,20H,2-7,10,12-14H2,1H3/t18-,20+/m0/s1. The van der Waals surface area contributed by atoms with E-state index in [1.165, 1.54) is 57.2 Å². The molecule has 2 aliphatic heterocycles. The number of aromatic nitrogens is 3. The first-order valence-corrected chi connectivity index (χ1v) is 10.1. The fourth-order valence-corrected chi connectivity index (χ4v) is 4.71. The third kappa shape index (κ3) is 3.64. The fourth-order valence-electron chi connectivity index (χ4n) is 4.71. The quantitative estimate of drug-likeness (QED) is 0.821. The summed E-state index contributed by atoms with van der Waals surface area (Å²) in [5, 5.41) is 0. The van der Waals surface area contributed by atoms with E-state index < -0.39 is 0 Å². The van der Waals surface area contributed by atoms with Gasteiger partial charge in [0.2, 0.25) is 0 Å². The van der Waals surface area contributed by atoms with Crippen LogP contribution in [-0.4, -0.2) is 38.6 Å². The van der Waals surface area contributed by atoms with Crippen LogP contribution in [0, 0.1) is 5.92 Å². The van der Waals surface area contributed by atoms with Crippen LogP contribution in [0.5, 0.6) is 0 Å². The van der Waals surface area contributed by atoms with Gasteiger partial charge in [-0.2, -0.15) is 0 Å². The summed E-state index contributed by atoms with van der Waals surface area (Å²) in [6, 6.07) is 5.11. The van der Waals surface area contributed by atoms with Gasteiger partial charge in [0.15, 0.2) is 5.82 Å². The van der Waals surface area contributed by atoms with Gasteiger partial charge in [0.25, 0.3) is 0 Å². The van der Waals surface area contributed by atoms with Gasteiger partial charge >= 0.3 is 0 Å². The molecule has 2 fully saturated rings. The third-order valence-electron chi connectivity index (χ3n) is 6.15. The molecule has 2 aliphatic rings. The Morgan fingerprint density at radius 3 is 2.84 bits per heavy atom. The summed E-state index contributed by atoms with van der Waals surface area (Å²) in [7, 11) is 0. The van der Waals surface area contributed by atoms with E-state index in [2.05, 4.69) is 44.7 Å². The lowest BCUT2D eigenvalue weighted by atomic mass is 9.81. The van der Waals surface area contributed by atoms with Crippen molar-refractivity contribution in [3.63, 3.8) is 0 Å². The number of hydrogen-bond donors (Lipinski definition) is 0. The van der Waals surface area contributed by atoms with Gasteiger partial charge in [-0.3, -0.25) is 4.98 Å². The molecule has 4 nitrogen and oxygen atoms in total.